The third-order valence-corrected chi connectivity index (χ3v) is 2.58. The van der Waals surface area contributed by atoms with Crippen LogP contribution in [0.2, 0.25) is 0 Å². The van der Waals surface area contributed by atoms with Crippen molar-refractivity contribution in [3.8, 4) is 11.8 Å². The maximum Gasteiger partial charge on any atom is 0.286 e. The van der Waals surface area contributed by atoms with Crippen molar-refractivity contribution in [2.75, 3.05) is 7.11 Å². The predicted molar refractivity (Wildman–Crippen MR) is 61.2 cm³/mol. The zero-order chi connectivity index (χ0) is 13.1. The molecule has 0 unspecified atom stereocenters. The second-order valence-corrected chi connectivity index (χ2v) is 4.15. The molecular formula is C13H15F2NO. The van der Waals surface area contributed by atoms with Gasteiger partial charge >= 0.3 is 0 Å². The first kappa shape index (κ1) is 13.4. The molecular weight excluding hydrogens is 224 g/mol. The summed E-state index contributed by atoms with van der Waals surface area (Å²) in [5.41, 5.74) is 0.589. The fraction of sp³-hybridized carbons (Fsp3) is 0.462. The van der Waals surface area contributed by atoms with Crippen molar-refractivity contribution >= 4 is 0 Å². The van der Waals surface area contributed by atoms with E-state index in [2.05, 4.69) is 0 Å². The molecule has 92 valence electrons. The number of nitrogens with zero attached hydrogens (tertiary/aromatic N) is 1. The van der Waals surface area contributed by atoms with Crippen LogP contribution >= 0.6 is 0 Å². The Bertz CT molecular complexity index is 436. The number of ether oxygens (including phenoxy) is 1. The molecule has 0 atom stereocenters. The minimum absolute atomic E-state index is 0.0859. The molecule has 0 aromatic heterocycles. The van der Waals surface area contributed by atoms with E-state index in [0.29, 0.717) is 5.75 Å². The standard InChI is InChI=1S/C13H15F2NO/c1-9(2)11-8-10(4-5-12(11)17-3)13(14,15)6-7-16/h4-5,8-9H,6H2,1-3H3. The predicted octanol–water partition coefficient (Wildman–Crippen LogP) is 3.82. The van der Waals surface area contributed by atoms with Gasteiger partial charge in [-0.25, -0.2) is 8.78 Å². The van der Waals surface area contributed by atoms with Crippen LogP contribution in [-0.2, 0) is 5.92 Å². The summed E-state index contributed by atoms with van der Waals surface area (Å²) in [4.78, 5) is 0. The zero-order valence-electron chi connectivity index (χ0n) is 10.1. The number of halogens is 2. The molecule has 2 nitrogen and oxygen atoms in total. The maximum atomic E-state index is 13.6. The Morgan fingerprint density at radius 3 is 2.53 bits per heavy atom. The molecule has 1 rings (SSSR count). The molecule has 0 radical (unpaired) electrons. The first-order valence-electron chi connectivity index (χ1n) is 5.35. The largest absolute Gasteiger partial charge is 0.496 e. The Morgan fingerprint density at radius 1 is 1.41 bits per heavy atom. The van der Waals surface area contributed by atoms with E-state index >= 15 is 0 Å². The number of hydrogen-bond donors (Lipinski definition) is 0. The van der Waals surface area contributed by atoms with Crippen molar-refractivity contribution in [2.45, 2.75) is 32.1 Å². The highest BCUT2D eigenvalue weighted by molar-refractivity contribution is 5.40. The van der Waals surface area contributed by atoms with Crippen LogP contribution in [-0.4, -0.2) is 7.11 Å². The smallest absolute Gasteiger partial charge is 0.286 e. The number of hydrogen-bond acceptors (Lipinski definition) is 2. The second-order valence-electron chi connectivity index (χ2n) is 4.15. The fourth-order valence-corrected chi connectivity index (χ4v) is 1.61. The van der Waals surface area contributed by atoms with Gasteiger partial charge in [0.15, 0.2) is 0 Å². The van der Waals surface area contributed by atoms with Gasteiger partial charge in [0, 0.05) is 5.56 Å². The number of nitriles is 1. The van der Waals surface area contributed by atoms with Gasteiger partial charge < -0.3 is 4.74 Å². The van der Waals surface area contributed by atoms with E-state index in [1.807, 2.05) is 13.8 Å². The third kappa shape index (κ3) is 2.94. The lowest BCUT2D eigenvalue weighted by Crippen LogP contribution is -2.13. The minimum atomic E-state index is -3.11. The second kappa shape index (κ2) is 5.13. The third-order valence-electron chi connectivity index (χ3n) is 2.58. The van der Waals surface area contributed by atoms with Crippen molar-refractivity contribution in [3.05, 3.63) is 29.3 Å². The molecule has 0 fully saturated rings. The van der Waals surface area contributed by atoms with Gasteiger partial charge in [-0.05, 0) is 29.7 Å². The van der Waals surface area contributed by atoms with E-state index in [4.69, 9.17) is 10.00 Å². The van der Waals surface area contributed by atoms with E-state index in [0.717, 1.165) is 5.56 Å². The zero-order valence-corrected chi connectivity index (χ0v) is 10.1. The molecule has 0 heterocycles. The lowest BCUT2D eigenvalue weighted by atomic mass is 9.96. The lowest BCUT2D eigenvalue weighted by molar-refractivity contribution is 0.000824. The van der Waals surface area contributed by atoms with Gasteiger partial charge in [-0.15, -0.1) is 0 Å². The quantitative estimate of drug-likeness (QED) is 0.800. The van der Waals surface area contributed by atoms with Gasteiger partial charge in [0.2, 0.25) is 0 Å². The molecule has 1 aromatic carbocycles. The van der Waals surface area contributed by atoms with Gasteiger partial charge in [-0.3, -0.25) is 0 Å². The number of methoxy groups -OCH3 is 1. The fourth-order valence-electron chi connectivity index (χ4n) is 1.61. The topological polar surface area (TPSA) is 33.0 Å². The Morgan fingerprint density at radius 2 is 2.06 bits per heavy atom. The van der Waals surface area contributed by atoms with Gasteiger partial charge in [0.25, 0.3) is 5.92 Å². The van der Waals surface area contributed by atoms with E-state index in [1.54, 1.807) is 0 Å². The summed E-state index contributed by atoms with van der Waals surface area (Å²) in [7, 11) is 1.51. The van der Waals surface area contributed by atoms with E-state index in [-0.39, 0.29) is 11.5 Å². The Labute approximate surface area is 99.8 Å². The number of benzene rings is 1. The average molecular weight is 239 g/mol. The molecule has 0 N–H and O–H groups in total. The Balaban J connectivity index is 3.21. The minimum Gasteiger partial charge on any atom is -0.496 e. The van der Waals surface area contributed by atoms with Crippen LogP contribution in [0.1, 0.15) is 37.3 Å². The molecule has 0 aliphatic carbocycles. The van der Waals surface area contributed by atoms with Crippen molar-refractivity contribution in [1.29, 1.82) is 5.26 Å². The number of rotatable bonds is 4. The Kier molecular flexibility index (Phi) is 4.06. The van der Waals surface area contributed by atoms with Gasteiger partial charge in [0.05, 0.1) is 13.2 Å². The first-order valence-corrected chi connectivity index (χ1v) is 5.35. The summed E-state index contributed by atoms with van der Waals surface area (Å²) in [6, 6.07) is 5.75. The monoisotopic (exact) mass is 239 g/mol. The maximum absolute atomic E-state index is 13.6. The summed E-state index contributed by atoms with van der Waals surface area (Å²) in [5, 5.41) is 8.39. The van der Waals surface area contributed by atoms with Gasteiger partial charge in [0.1, 0.15) is 12.2 Å². The lowest BCUT2D eigenvalue weighted by Gasteiger charge is -2.17. The first-order chi connectivity index (χ1) is 7.92. The van der Waals surface area contributed by atoms with Gasteiger partial charge in [-0.2, -0.15) is 5.26 Å². The normalized spacial score (nSPS) is 11.4. The van der Waals surface area contributed by atoms with Crippen LogP contribution < -0.4 is 4.74 Å². The van der Waals surface area contributed by atoms with Crippen molar-refractivity contribution < 1.29 is 13.5 Å². The molecule has 17 heavy (non-hydrogen) atoms. The molecule has 0 saturated carbocycles. The van der Waals surface area contributed by atoms with Crippen LogP contribution in [0.4, 0.5) is 8.78 Å². The van der Waals surface area contributed by atoms with Crippen LogP contribution in [0, 0.1) is 11.3 Å². The van der Waals surface area contributed by atoms with Crippen LogP contribution in [0.15, 0.2) is 18.2 Å². The van der Waals surface area contributed by atoms with E-state index < -0.39 is 12.3 Å². The Hall–Kier alpha value is -1.63. The molecule has 1 aromatic rings. The van der Waals surface area contributed by atoms with Gasteiger partial charge in [-0.1, -0.05) is 13.8 Å². The van der Waals surface area contributed by atoms with Crippen molar-refractivity contribution in [3.63, 3.8) is 0 Å². The van der Waals surface area contributed by atoms with Crippen LogP contribution in [0.5, 0.6) is 5.75 Å². The molecule has 0 bridgehead atoms. The summed E-state index contributed by atoms with van der Waals surface area (Å²) in [5.74, 6) is -2.43. The highest BCUT2D eigenvalue weighted by Crippen LogP contribution is 2.36. The van der Waals surface area contributed by atoms with Crippen LogP contribution in [0.25, 0.3) is 0 Å². The number of alkyl halides is 2. The van der Waals surface area contributed by atoms with Crippen LogP contribution in [0.3, 0.4) is 0 Å². The summed E-state index contributed by atoms with van der Waals surface area (Å²) in [6.45, 7) is 3.81. The molecule has 0 aliphatic heterocycles. The highest BCUT2D eigenvalue weighted by Gasteiger charge is 2.32. The van der Waals surface area contributed by atoms with E-state index in [1.165, 1.54) is 31.4 Å². The molecule has 0 spiro atoms. The molecule has 4 heteroatoms. The average Bonchev–Trinajstić information content (AvgIpc) is 2.28. The SMILES string of the molecule is COc1ccc(C(F)(F)CC#N)cc1C(C)C. The van der Waals surface area contributed by atoms with Crippen molar-refractivity contribution in [2.24, 2.45) is 0 Å². The van der Waals surface area contributed by atoms with E-state index in [9.17, 15) is 8.78 Å². The summed E-state index contributed by atoms with van der Waals surface area (Å²) < 4.78 is 32.3. The molecule has 0 amide bonds. The van der Waals surface area contributed by atoms with Crippen molar-refractivity contribution in [1.82, 2.24) is 0 Å². The molecule has 0 aliphatic rings. The summed E-state index contributed by atoms with van der Waals surface area (Å²) >= 11 is 0. The summed E-state index contributed by atoms with van der Waals surface area (Å²) in [6.07, 6.45) is -0.809. The highest BCUT2D eigenvalue weighted by atomic mass is 19.3. The molecule has 0 saturated heterocycles.